The van der Waals surface area contributed by atoms with Gasteiger partial charge in [0.15, 0.2) is 5.76 Å². The van der Waals surface area contributed by atoms with E-state index in [4.69, 9.17) is 4.42 Å². The van der Waals surface area contributed by atoms with Crippen molar-refractivity contribution < 1.29 is 4.42 Å². The van der Waals surface area contributed by atoms with Gasteiger partial charge in [-0.25, -0.2) is 0 Å². The lowest BCUT2D eigenvalue weighted by Gasteiger charge is -2.10. The summed E-state index contributed by atoms with van der Waals surface area (Å²) in [7, 11) is 0. The zero-order valence-corrected chi connectivity index (χ0v) is 15.3. The summed E-state index contributed by atoms with van der Waals surface area (Å²) in [5.74, 6) is 0.630. The minimum absolute atomic E-state index is 0.00951. The van der Waals surface area contributed by atoms with Crippen LogP contribution in [0.4, 0.5) is 0 Å². The van der Waals surface area contributed by atoms with Gasteiger partial charge in [-0.1, -0.05) is 73.3 Å². The van der Waals surface area contributed by atoms with Gasteiger partial charge in [-0.2, -0.15) is 0 Å². The standard InChI is InChI=1S/C23H18O2S/c1-2-16-12-14-17(15-13-16)22-23(26-18-8-4-3-5-9-18)21(24)19-10-6-7-11-20(19)25-22/h3-15H,2H2,1H3. The molecule has 3 heteroatoms. The monoisotopic (exact) mass is 358 g/mol. The van der Waals surface area contributed by atoms with Gasteiger partial charge < -0.3 is 4.42 Å². The minimum Gasteiger partial charge on any atom is -0.455 e. The van der Waals surface area contributed by atoms with Crippen LogP contribution in [-0.4, -0.2) is 0 Å². The van der Waals surface area contributed by atoms with Crippen LogP contribution in [0.3, 0.4) is 0 Å². The highest BCUT2D eigenvalue weighted by Gasteiger charge is 2.17. The Morgan fingerprint density at radius 2 is 1.54 bits per heavy atom. The Morgan fingerprint density at radius 3 is 2.27 bits per heavy atom. The van der Waals surface area contributed by atoms with Gasteiger partial charge in [0.1, 0.15) is 10.5 Å². The predicted octanol–water partition coefficient (Wildman–Crippen LogP) is 6.17. The van der Waals surface area contributed by atoms with E-state index in [0.29, 0.717) is 21.6 Å². The maximum absolute atomic E-state index is 13.2. The first-order valence-corrected chi connectivity index (χ1v) is 9.46. The first-order valence-electron chi connectivity index (χ1n) is 8.64. The van der Waals surface area contributed by atoms with Crippen molar-refractivity contribution in [2.45, 2.75) is 23.1 Å². The van der Waals surface area contributed by atoms with Crippen LogP contribution in [0.15, 0.2) is 97.9 Å². The van der Waals surface area contributed by atoms with Crippen molar-refractivity contribution in [1.82, 2.24) is 0 Å². The number of benzene rings is 3. The van der Waals surface area contributed by atoms with Crippen molar-refractivity contribution in [3.05, 3.63) is 94.6 Å². The van der Waals surface area contributed by atoms with Crippen LogP contribution in [-0.2, 0) is 6.42 Å². The third-order valence-electron chi connectivity index (χ3n) is 4.34. The van der Waals surface area contributed by atoms with E-state index in [2.05, 4.69) is 19.1 Å². The molecule has 0 spiro atoms. The number of fused-ring (bicyclic) bond motifs is 1. The van der Waals surface area contributed by atoms with Crippen molar-refractivity contribution in [2.24, 2.45) is 0 Å². The normalized spacial score (nSPS) is 11.0. The van der Waals surface area contributed by atoms with Crippen LogP contribution in [0.2, 0.25) is 0 Å². The van der Waals surface area contributed by atoms with E-state index in [1.165, 1.54) is 17.3 Å². The third-order valence-corrected chi connectivity index (χ3v) is 5.43. The van der Waals surface area contributed by atoms with E-state index in [1.54, 1.807) is 0 Å². The molecule has 1 aromatic heterocycles. The zero-order chi connectivity index (χ0) is 17.9. The topological polar surface area (TPSA) is 30.2 Å². The predicted molar refractivity (Wildman–Crippen MR) is 108 cm³/mol. The number of hydrogen-bond acceptors (Lipinski definition) is 3. The molecule has 1 heterocycles. The summed E-state index contributed by atoms with van der Waals surface area (Å²) in [5, 5.41) is 0.611. The minimum atomic E-state index is 0.00951. The Morgan fingerprint density at radius 1 is 0.846 bits per heavy atom. The summed E-state index contributed by atoms with van der Waals surface area (Å²) in [5.41, 5.74) is 2.80. The molecule has 0 fully saturated rings. The summed E-state index contributed by atoms with van der Waals surface area (Å²) < 4.78 is 6.18. The Labute approximate surface area is 156 Å². The van der Waals surface area contributed by atoms with Crippen molar-refractivity contribution in [2.75, 3.05) is 0 Å². The summed E-state index contributed by atoms with van der Waals surface area (Å²) in [6, 6.07) is 25.6. The fourth-order valence-corrected chi connectivity index (χ4v) is 3.89. The highest BCUT2D eigenvalue weighted by Crippen LogP contribution is 2.35. The molecule has 128 valence electrons. The Hall–Kier alpha value is -2.78. The first-order chi connectivity index (χ1) is 12.8. The van der Waals surface area contributed by atoms with E-state index < -0.39 is 0 Å². The second-order valence-corrected chi connectivity index (χ2v) is 7.13. The molecule has 2 nitrogen and oxygen atoms in total. The van der Waals surface area contributed by atoms with E-state index >= 15 is 0 Å². The van der Waals surface area contributed by atoms with Crippen LogP contribution in [0.25, 0.3) is 22.3 Å². The van der Waals surface area contributed by atoms with E-state index in [1.807, 2.05) is 66.7 Å². The van der Waals surface area contributed by atoms with Crippen LogP contribution in [0, 0.1) is 0 Å². The largest absolute Gasteiger partial charge is 0.455 e. The average Bonchev–Trinajstić information content (AvgIpc) is 2.71. The van der Waals surface area contributed by atoms with E-state index in [9.17, 15) is 4.79 Å². The van der Waals surface area contributed by atoms with Gasteiger partial charge in [-0.15, -0.1) is 0 Å². The summed E-state index contributed by atoms with van der Waals surface area (Å²) >= 11 is 1.45. The van der Waals surface area contributed by atoms with Gasteiger partial charge >= 0.3 is 0 Å². The van der Waals surface area contributed by atoms with Crippen molar-refractivity contribution in [3.8, 4) is 11.3 Å². The molecule has 0 saturated carbocycles. The van der Waals surface area contributed by atoms with Crippen molar-refractivity contribution in [3.63, 3.8) is 0 Å². The molecule has 0 aliphatic heterocycles. The lowest BCUT2D eigenvalue weighted by atomic mass is 10.1. The highest BCUT2D eigenvalue weighted by atomic mass is 32.2. The van der Waals surface area contributed by atoms with E-state index in [-0.39, 0.29) is 5.43 Å². The summed E-state index contributed by atoms with van der Waals surface area (Å²) in [6.45, 7) is 2.13. The fraction of sp³-hybridized carbons (Fsp3) is 0.0870. The first kappa shape index (κ1) is 16.7. The Kier molecular flexibility index (Phi) is 4.63. The molecule has 3 aromatic carbocycles. The highest BCUT2D eigenvalue weighted by molar-refractivity contribution is 7.99. The molecular weight excluding hydrogens is 340 g/mol. The molecule has 0 saturated heterocycles. The molecular formula is C23H18O2S. The average molecular weight is 358 g/mol. The molecule has 0 amide bonds. The molecule has 0 radical (unpaired) electrons. The quantitative estimate of drug-likeness (QED) is 0.437. The summed E-state index contributed by atoms with van der Waals surface area (Å²) in [6.07, 6.45) is 0.980. The van der Waals surface area contributed by atoms with Gasteiger partial charge in [0.2, 0.25) is 5.43 Å². The number of para-hydroxylation sites is 1. The molecule has 26 heavy (non-hydrogen) atoms. The Balaban J connectivity index is 1.94. The van der Waals surface area contributed by atoms with Crippen molar-refractivity contribution >= 4 is 22.7 Å². The number of rotatable bonds is 4. The van der Waals surface area contributed by atoms with E-state index in [0.717, 1.165) is 16.9 Å². The van der Waals surface area contributed by atoms with Gasteiger partial charge in [0.25, 0.3) is 0 Å². The lowest BCUT2D eigenvalue weighted by Crippen LogP contribution is -2.06. The van der Waals surface area contributed by atoms with Gasteiger partial charge in [-0.3, -0.25) is 4.79 Å². The van der Waals surface area contributed by atoms with Gasteiger partial charge in [0, 0.05) is 10.5 Å². The second kappa shape index (κ2) is 7.22. The van der Waals surface area contributed by atoms with Crippen LogP contribution in [0.5, 0.6) is 0 Å². The van der Waals surface area contributed by atoms with Crippen LogP contribution >= 0.6 is 11.8 Å². The molecule has 0 N–H and O–H groups in total. The molecule has 4 aromatic rings. The molecule has 0 aliphatic rings. The molecule has 0 atom stereocenters. The maximum Gasteiger partial charge on any atom is 0.207 e. The molecule has 0 aliphatic carbocycles. The maximum atomic E-state index is 13.2. The second-order valence-electron chi connectivity index (χ2n) is 6.05. The molecule has 4 rings (SSSR count). The fourth-order valence-electron chi connectivity index (χ4n) is 2.91. The molecule has 0 unspecified atom stereocenters. The summed E-state index contributed by atoms with van der Waals surface area (Å²) in [4.78, 5) is 14.8. The number of hydrogen-bond donors (Lipinski definition) is 0. The van der Waals surface area contributed by atoms with Crippen molar-refractivity contribution in [1.29, 1.82) is 0 Å². The zero-order valence-electron chi connectivity index (χ0n) is 14.4. The lowest BCUT2D eigenvalue weighted by molar-refractivity contribution is 0.605. The van der Waals surface area contributed by atoms with Crippen LogP contribution in [0.1, 0.15) is 12.5 Å². The Bertz CT molecular complexity index is 1100. The third kappa shape index (κ3) is 3.18. The van der Waals surface area contributed by atoms with Crippen LogP contribution < -0.4 is 5.43 Å². The SMILES string of the molecule is CCc1ccc(-c2oc3ccccc3c(=O)c2Sc2ccccc2)cc1. The smallest absolute Gasteiger partial charge is 0.207 e. The number of aryl methyl sites for hydroxylation is 1. The molecule has 0 bridgehead atoms. The van der Waals surface area contributed by atoms with Gasteiger partial charge in [-0.05, 0) is 36.2 Å². The van der Waals surface area contributed by atoms with Gasteiger partial charge in [0.05, 0.1) is 5.39 Å².